The molecule has 2 N–H and O–H groups in total. The first-order valence-corrected chi connectivity index (χ1v) is 9.29. The number of hydrogen-bond donors (Lipinski definition) is 1. The molecule has 19 heavy (non-hydrogen) atoms. The molecule has 0 aliphatic heterocycles. The Morgan fingerprint density at radius 1 is 1.26 bits per heavy atom. The van der Waals surface area contributed by atoms with E-state index in [1.807, 2.05) is 13.8 Å². The van der Waals surface area contributed by atoms with Crippen LogP contribution in [0.15, 0.2) is 0 Å². The van der Waals surface area contributed by atoms with Crippen molar-refractivity contribution in [1.82, 2.24) is 0 Å². The molecule has 1 rings (SSSR count). The van der Waals surface area contributed by atoms with Crippen molar-refractivity contribution >= 4 is 9.84 Å². The largest absolute Gasteiger partial charge is 0.327 e. The summed E-state index contributed by atoms with van der Waals surface area (Å²) in [5, 5.41) is -0.334. The van der Waals surface area contributed by atoms with Crippen LogP contribution in [0.4, 0.5) is 0 Å². The lowest BCUT2D eigenvalue weighted by molar-refractivity contribution is 0.146. The summed E-state index contributed by atoms with van der Waals surface area (Å²) in [6.07, 6.45) is 3.74. The second-order valence-electron chi connectivity index (χ2n) is 7.28. The van der Waals surface area contributed by atoms with E-state index in [0.717, 1.165) is 25.7 Å². The Labute approximate surface area is 119 Å². The summed E-state index contributed by atoms with van der Waals surface area (Å²) < 4.78 is 25.0. The Morgan fingerprint density at radius 3 is 2.32 bits per heavy atom. The van der Waals surface area contributed by atoms with Gasteiger partial charge < -0.3 is 5.73 Å². The second-order valence-corrected chi connectivity index (χ2v) is 9.54. The lowest BCUT2D eigenvalue weighted by Gasteiger charge is -2.41. The highest BCUT2D eigenvalue weighted by Crippen LogP contribution is 2.42. The maximum atomic E-state index is 12.5. The minimum atomic E-state index is -3.06. The molecule has 0 bridgehead atoms. The van der Waals surface area contributed by atoms with Crippen molar-refractivity contribution in [3.63, 3.8) is 0 Å². The average Bonchev–Trinajstić information content (AvgIpc) is 2.27. The van der Waals surface area contributed by atoms with E-state index >= 15 is 0 Å². The summed E-state index contributed by atoms with van der Waals surface area (Å²) in [7, 11) is -3.06. The predicted octanol–water partition coefficient (Wildman–Crippen LogP) is 2.99. The van der Waals surface area contributed by atoms with Crippen LogP contribution in [0.25, 0.3) is 0 Å². The molecular formula is C15H31NO2S. The summed E-state index contributed by atoms with van der Waals surface area (Å²) in [5.74, 6) is 0.922. The molecule has 1 fully saturated rings. The van der Waals surface area contributed by atoms with Crippen LogP contribution in [-0.2, 0) is 9.84 Å². The summed E-state index contributed by atoms with van der Waals surface area (Å²) in [4.78, 5) is 0. The zero-order valence-corrected chi connectivity index (χ0v) is 14.0. The minimum Gasteiger partial charge on any atom is -0.327 e. The molecule has 4 heteroatoms. The van der Waals surface area contributed by atoms with Crippen LogP contribution in [0.1, 0.15) is 60.3 Å². The van der Waals surface area contributed by atoms with E-state index < -0.39 is 9.84 Å². The van der Waals surface area contributed by atoms with Crippen molar-refractivity contribution in [1.29, 1.82) is 0 Å². The third-order valence-corrected chi connectivity index (χ3v) is 7.48. The Hall–Kier alpha value is -0.0900. The van der Waals surface area contributed by atoms with Gasteiger partial charge in [0.1, 0.15) is 0 Å². The van der Waals surface area contributed by atoms with Crippen molar-refractivity contribution in [2.24, 2.45) is 23.0 Å². The first-order chi connectivity index (χ1) is 8.60. The van der Waals surface area contributed by atoms with Crippen LogP contribution in [0.2, 0.25) is 0 Å². The highest BCUT2D eigenvalue weighted by molar-refractivity contribution is 7.92. The van der Waals surface area contributed by atoms with Crippen molar-refractivity contribution in [2.45, 2.75) is 71.6 Å². The Balaban J connectivity index is 2.88. The lowest BCUT2D eigenvalue weighted by Crippen LogP contribution is -2.48. The third kappa shape index (κ3) is 4.19. The number of hydrogen-bond acceptors (Lipinski definition) is 3. The van der Waals surface area contributed by atoms with E-state index in [1.165, 1.54) is 0 Å². The first kappa shape index (κ1) is 17.0. The van der Waals surface area contributed by atoms with Gasteiger partial charge in [0, 0.05) is 6.04 Å². The van der Waals surface area contributed by atoms with Gasteiger partial charge in [0.15, 0.2) is 9.84 Å². The van der Waals surface area contributed by atoms with Crippen molar-refractivity contribution in [3.8, 4) is 0 Å². The topological polar surface area (TPSA) is 60.2 Å². The highest BCUT2D eigenvalue weighted by Gasteiger charge is 2.41. The van der Waals surface area contributed by atoms with E-state index in [-0.39, 0.29) is 28.4 Å². The molecule has 1 aliphatic carbocycles. The van der Waals surface area contributed by atoms with Crippen LogP contribution in [0.5, 0.6) is 0 Å². The molecule has 0 aromatic carbocycles. The van der Waals surface area contributed by atoms with Gasteiger partial charge in [-0.15, -0.1) is 0 Å². The van der Waals surface area contributed by atoms with E-state index in [9.17, 15) is 8.42 Å². The fourth-order valence-corrected chi connectivity index (χ4v) is 5.52. The average molecular weight is 289 g/mol. The van der Waals surface area contributed by atoms with Gasteiger partial charge in [0.25, 0.3) is 0 Å². The van der Waals surface area contributed by atoms with Gasteiger partial charge in [0.2, 0.25) is 0 Å². The molecule has 0 radical (unpaired) electrons. The molecular weight excluding hydrogens is 258 g/mol. The summed E-state index contributed by atoms with van der Waals surface area (Å²) in [6, 6.07) is -0.173. The van der Waals surface area contributed by atoms with Gasteiger partial charge in [-0.1, -0.05) is 41.0 Å². The lowest BCUT2D eigenvalue weighted by atomic mass is 9.69. The fourth-order valence-electron chi connectivity index (χ4n) is 3.15. The molecule has 0 heterocycles. The Morgan fingerprint density at radius 2 is 1.84 bits per heavy atom. The normalized spacial score (nSPS) is 29.7. The monoisotopic (exact) mass is 289 g/mol. The van der Waals surface area contributed by atoms with E-state index in [4.69, 9.17) is 5.73 Å². The molecule has 3 atom stereocenters. The highest BCUT2D eigenvalue weighted by atomic mass is 32.2. The second kappa shape index (κ2) is 6.13. The molecule has 0 aromatic rings. The molecule has 3 nitrogen and oxygen atoms in total. The van der Waals surface area contributed by atoms with Crippen LogP contribution in [0.3, 0.4) is 0 Å². The predicted molar refractivity (Wildman–Crippen MR) is 81.8 cm³/mol. The molecule has 0 amide bonds. The van der Waals surface area contributed by atoms with Crippen molar-refractivity contribution in [3.05, 3.63) is 0 Å². The van der Waals surface area contributed by atoms with Gasteiger partial charge in [-0.05, 0) is 36.5 Å². The van der Waals surface area contributed by atoms with Gasteiger partial charge >= 0.3 is 0 Å². The number of nitrogens with two attached hydrogens (primary N) is 1. The maximum Gasteiger partial charge on any atom is 0.154 e. The third-order valence-electron chi connectivity index (χ3n) is 4.89. The molecule has 1 aliphatic rings. The molecule has 3 unspecified atom stereocenters. The van der Waals surface area contributed by atoms with Gasteiger partial charge in [0.05, 0.1) is 11.0 Å². The quantitative estimate of drug-likeness (QED) is 0.846. The molecule has 0 aromatic heterocycles. The number of rotatable bonds is 5. The van der Waals surface area contributed by atoms with Crippen LogP contribution in [0, 0.1) is 17.3 Å². The van der Waals surface area contributed by atoms with Gasteiger partial charge in [-0.25, -0.2) is 8.42 Å². The van der Waals surface area contributed by atoms with Crippen LogP contribution >= 0.6 is 0 Å². The number of sulfone groups is 1. The summed E-state index contributed by atoms with van der Waals surface area (Å²) in [5.41, 5.74) is 6.32. The standard InChI is InChI=1S/C15H31NO2S/c1-6-15(4,5)12-7-8-13(16)14(9-12)19(17,18)10-11(2)3/h11-14H,6-10,16H2,1-5H3. The molecule has 1 saturated carbocycles. The molecule has 114 valence electrons. The molecule has 0 saturated heterocycles. The van der Waals surface area contributed by atoms with E-state index in [0.29, 0.717) is 5.92 Å². The van der Waals surface area contributed by atoms with E-state index in [1.54, 1.807) is 0 Å². The van der Waals surface area contributed by atoms with Gasteiger partial charge in [-0.3, -0.25) is 0 Å². The summed E-state index contributed by atoms with van der Waals surface area (Å²) >= 11 is 0. The zero-order chi connectivity index (χ0) is 14.8. The Kier molecular flexibility index (Phi) is 5.47. The smallest absolute Gasteiger partial charge is 0.154 e. The van der Waals surface area contributed by atoms with Crippen molar-refractivity contribution in [2.75, 3.05) is 5.75 Å². The SMILES string of the molecule is CCC(C)(C)C1CCC(N)C(S(=O)(=O)CC(C)C)C1. The minimum absolute atomic E-state index is 0.173. The zero-order valence-electron chi connectivity index (χ0n) is 13.1. The Bertz CT molecular complexity index is 387. The first-order valence-electron chi connectivity index (χ1n) is 7.57. The maximum absolute atomic E-state index is 12.5. The molecule has 0 spiro atoms. The van der Waals surface area contributed by atoms with E-state index in [2.05, 4.69) is 20.8 Å². The van der Waals surface area contributed by atoms with Crippen molar-refractivity contribution < 1.29 is 8.42 Å². The van der Waals surface area contributed by atoms with Crippen LogP contribution in [-0.4, -0.2) is 25.5 Å². The fraction of sp³-hybridized carbons (Fsp3) is 1.00. The summed E-state index contributed by atoms with van der Waals surface area (Å²) in [6.45, 7) is 10.6. The van der Waals surface area contributed by atoms with Gasteiger partial charge in [-0.2, -0.15) is 0 Å². The van der Waals surface area contributed by atoms with Crippen LogP contribution < -0.4 is 5.73 Å².